The van der Waals surface area contributed by atoms with Gasteiger partial charge in [0.25, 0.3) is 10.2 Å². The van der Waals surface area contributed by atoms with E-state index in [9.17, 15) is 8.42 Å². The molecule has 0 spiro atoms. The Morgan fingerprint density at radius 2 is 1.88 bits per heavy atom. The average molecular weight is 250 g/mol. The van der Waals surface area contributed by atoms with Crippen molar-refractivity contribution in [3.05, 3.63) is 0 Å². The van der Waals surface area contributed by atoms with Crippen LogP contribution in [-0.4, -0.2) is 75.3 Å². The molecule has 16 heavy (non-hydrogen) atoms. The van der Waals surface area contributed by atoms with Crippen molar-refractivity contribution in [2.75, 3.05) is 53.4 Å². The fourth-order valence-corrected chi connectivity index (χ4v) is 2.95. The fourth-order valence-electron chi connectivity index (χ4n) is 1.82. The molecule has 1 saturated heterocycles. The van der Waals surface area contributed by atoms with Gasteiger partial charge in [0.2, 0.25) is 0 Å². The Labute approximate surface area is 98.2 Å². The highest BCUT2D eigenvalue weighted by molar-refractivity contribution is 7.86. The van der Waals surface area contributed by atoms with Crippen LogP contribution in [-0.2, 0) is 10.2 Å². The molecule has 1 rings (SSSR count). The number of hydrogen-bond acceptors (Lipinski definition) is 4. The number of nitrogens with two attached hydrogens (primary N) is 1. The minimum atomic E-state index is -3.25. The highest BCUT2D eigenvalue weighted by Gasteiger charge is 2.26. The van der Waals surface area contributed by atoms with E-state index in [2.05, 4.69) is 4.90 Å². The van der Waals surface area contributed by atoms with Gasteiger partial charge in [0.1, 0.15) is 0 Å². The Kier molecular flexibility index (Phi) is 5.13. The summed E-state index contributed by atoms with van der Waals surface area (Å²) in [5.41, 5.74) is 5.50. The molecule has 1 heterocycles. The average Bonchev–Trinajstić information content (AvgIpc) is 2.44. The van der Waals surface area contributed by atoms with Crippen LogP contribution < -0.4 is 5.73 Å². The number of hydrogen-bond donors (Lipinski definition) is 1. The summed E-state index contributed by atoms with van der Waals surface area (Å²) in [4.78, 5) is 2.21. The second-order valence-electron chi connectivity index (χ2n) is 4.17. The van der Waals surface area contributed by atoms with Crippen molar-refractivity contribution in [2.45, 2.75) is 6.42 Å². The van der Waals surface area contributed by atoms with E-state index in [0.29, 0.717) is 19.6 Å². The highest BCUT2D eigenvalue weighted by atomic mass is 32.2. The van der Waals surface area contributed by atoms with Gasteiger partial charge in [-0.25, -0.2) is 0 Å². The van der Waals surface area contributed by atoms with Gasteiger partial charge in [-0.15, -0.1) is 0 Å². The summed E-state index contributed by atoms with van der Waals surface area (Å²) >= 11 is 0. The van der Waals surface area contributed by atoms with Crippen LogP contribution in [0.4, 0.5) is 0 Å². The second-order valence-corrected chi connectivity index (χ2v) is 6.32. The monoisotopic (exact) mass is 250 g/mol. The quantitative estimate of drug-likeness (QED) is 0.677. The lowest BCUT2D eigenvalue weighted by molar-refractivity contribution is 0.292. The standard InChI is InChI=1S/C9H22N4O2S/c1-11(2)16(14,15)13-6-3-5-12(7-4-10)8-9-13/h3-10H2,1-2H3. The van der Waals surface area contributed by atoms with Crippen molar-refractivity contribution in [2.24, 2.45) is 5.73 Å². The van der Waals surface area contributed by atoms with Crippen LogP contribution >= 0.6 is 0 Å². The van der Waals surface area contributed by atoms with Crippen molar-refractivity contribution in [3.63, 3.8) is 0 Å². The lowest BCUT2D eigenvalue weighted by atomic mass is 10.4. The van der Waals surface area contributed by atoms with Crippen LogP contribution in [0, 0.1) is 0 Å². The predicted molar refractivity (Wildman–Crippen MR) is 64.3 cm³/mol. The molecule has 1 fully saturated rings. The molecule has 0 unspecified atom stereocenters. The zero-order valence-corrected chi connectivity index (χ0v) is 10.9. The molecule has 0 aliphatic carbocycles. The van der Waals surface area contributed by atoms with E-state index in [-0.39, 0.29) is 0 Å². The van der Waals surface area contributed by atoms with Gasteiger partial charge in [0.05, 0.1) is 0 Å². The molecule has 0 bridgehead atoms. The molecule has 0 aromatic rings. The smallest absolute Gasteiger partial charge is 0.281 e. The van der Waals surface area contributed by atoms with E-state index >= 15 is 0 Å². The lowest BCUT2D eigenvalue weighted by Gasteiger charge is -2.24. The van der Waals surface area contributed by atoms with E-state index in [1.54, 1.807) is 18.4 Å². The summed E-state index contributed by atoms with van der Waals surface area (Å²) < 4.78 is 26.6. The van der Waals surface area contributed by atoms with Gasteiger partial charge < -0.3 is 10.6 Å². The molecule has 7 heteroatoms. The zero-order chi connectivity index (χ0) is 12.2. The molecular weight excluding hydrogens is 228 g/mol. The third-order valence-electron chi connectivity index (χ3n) is 2.78. The van der Waals surface area contributed by atoms with Crippen molar-refractivity contribution >= 4 is 10.2 Å². The molecular formula is C9H22N4O2S. The van der Waals surface area contributed by atoms with Crippen LogP contribution in [0.2, 0.25) is 0 Å². The molecule has 0 aromatic heterocycles. The molecule has 0 saturated carbocycles. The van der Waals surface area contributed by atoms with Gasteiger partial charge in [0.15, 0.2) is 0 Å². The molecule has 0 aromatic carbocycles. The van der Waals surface area contributed by atoms with Crippen LogP contribution in [0.5, 0.6) is 0 Å². The first kappa shape index (κ1) is 13.9. The number of rotatable bonds is 4. The summed E-state index contributed by atoms with van der Waals surface area (Å²) in [7, 11) is -0.118. The molecule has 0 radical (unpaired) electrons. The molecule has 96 valence electrons. The summed E-state index contributed by atoms with van der Waals surface area (Å²) in [5, 5.41) is 0. The predicted octanol–water partition coefficient (Wildman–Crippen LogP) is -1.24. The minimum absolute atomic E-state index is 0.556. The minimum Gasteiger partial charge on any atom is -0.329 e. The largest absolute Gasteiger partial charge is 0.329 e. The molecule has 1 aliphatic heterocycles. The first-order valence-corrected chi connectivity index (χ1v) is 6.98. The molecule has 2 N–H and O–H groups in total. The fraction of sp³-hybridized carbons (Fsp3) is 1.00. The summed E-state index contributed by atoms with van der Waals surface area (Å²) in [5.74, 6) is 0. The second kappa shape index (κ2) is 5.92. The Morgan fingerprint density at radius 1 is 1.19 bits per heavy atom. The van der Waals surface area contributed by atoms with E-state index in [1.807, 2.05) is 0 Å². The van der Waals surface area contributed by atoms with Crippen molar-refractivity contribution in [1.29, 1.82) is 0 Å². The molecule has 6 nitrogen and oxygen atoms in total. The summed E-state index contributed by atoms with van der Waals surface area (Å²) in [6.07, 6.45) is 0.868. The Bertz CT molecular complexity index is 305. The topological polar surface area (TPSA) is 69.9 Å². The summed E-state index contributed by atoms with van der Waals surface area (Å²) in [6.45, 7) is 4.32. The van der Waals surface area contributed by atoms with Crippen molar-refractivity contribution in [1.82, 2.24) is 13.5 Å². The highest BCUT2D eigenvalue weighted by Crippen LogP contribution is 2.09. The van der Waals surface area contributed by atoms with Gasteiger partial charge in [-0.05, 0) is 13.0 Å². The first-order chi connectivity index (χ1) is 7.48. The Hall–Kier alpha value is -0.210. The molecule has 1 aliphatic rings. The van der Waals surface area contributed by atoms with E-state index in [1.165, 1.54) is 4.31 Å². The van der Waals surface area contributed by atoms with Crippen LogP contribution in [0.1, 0.15) is 6.42 Å². The Morgan fingerprint density at radius 3 is 2.44 bits per heavy atom. The van der Waals surface area contributed by atoms with Gasteiger partial charge >= 0.3 is 0 Å². The molecule has 0 atom stereocenters. The van der Waals surface area contributed by atoms with Gasteiger partial charge in [-0.2, -0.15) is 17.0 Å². The third kappa shape index (κ3) is 3.39. The van der Waals surface area contributed by atoms with Gasteiger partial charge in [0, 0.05) is 46.8 Å². The van der Waals surface area contributed by atoms with Crippen LogP contribution in [0.15, 0.2) is 0 Å². The normalized spacial score (nSPS) is 21.2. The first-order valence-electron chi connectivity index (χ1n) is 5.58. The maximum Gasteiger partial charge on any atom is 0.281 e. The lowest BCUT2D eigenvalue weighted by Crippen LogP contribution is -2.42. The van der Waals surface area contributed by atoms with Crippen molar-refractivity contribution in [3.8, 4) is 0 Å². The maximum atomic E-state index is 11.9. The van der Waals surface area contributed by atoms with E-state index in [0.717, 1.165) is 26.1 Å². The maximum absolute atomic E-state index is 11.9. The summed E-state index contributed by atoms with van der Waals surface area (Å²) in [6, 6.07) is 0. The Balaban J connectivity index is 2.60. The van der Waals surface area contributed by atoms with Crippen LogP contribution in [0.25, 0.3) is 0 Å². The van der Waals surface area contributed by atoms with Crippen molar-refractivity contribution < 1.29 is 8.42 Å². The number of nitrogens with zero attached hydrogens (tertiary/aromatic N) is 3. The van der Waals surface area contributed by atoms with Gasteiger partial charge in [-0.1, -0.05) is 0 Å². The van der Waals surface area contributed by atoms with E-state index in [4.69, 9.17) is 5.73 Å². The van der Waals surface area contributed by atoms with Crippen LogP contribution in [0.3, 0.4) is 0 Å². The zero-order valence-electron chi connectivity index (χ0n) is 10.1. The third-order valence-corrected chi connectivity index (χ3v) is 4.72. The SMILES string of the molecule is CN(C)S(=O)(=O)N1CCCN(CCN)CC1. The van der Waals surface area contributed by atoms with E-state index < -0.39 is 10.2 Å². The molecule has 0 amide bonds. The van der Waals surface area contributed by atoms with Gasteiger partial charge in [-0.3, -0.25) is 0 Å².